The van der Waals surface area contributed by atoms with Crippen LogP contribution in [0.1, 0.15) is 53.4 Å². The lowest BCUT2D eigenvalue weighted by Gasteiger charge is -2.14. The molecule has 29 heavy (non-hydrogen) atoms. The Labute approximate surface area is 180 Å². The number of aromatic nitrogens is 2. The van der Waals surface area contributed by atoms with Gasteiger partial charge in [0.2, 0.25) is 0 Å². The minimum Gasteiger partial charge on any atom is -0.339 e. The molecule has 1 amide bonds. The molecular weight excluding hydrogens is 398 g/mol. The van der Waals surface area contributed by atoms with Gasteiger partial charge in [-0.15, -0.1) is 23.1 Å². The van der Waals surface area contributed by atoms with Crippen LogP contribution < -0.4 is 0 Å². The molecule has 1 aliphatic heterocycles. The van der Waals surface area contributed by atoms with Crippen LogP contribution in [-0.4, -0.2) is 33.9 Å². The molecule has 4 nitrogen and oxygen atoms in total. The lowest BCUT2D eigenvalue weighted by atomic mass is 10.0. The number of hydrogen-bond acceptors (Lipinski definition) is 5. The van der Waals surface area contributed by atoms with Gasteiger partial charge in [-0.1, -0.05) is 38.1 Å². The van der Waals surface area contributed by atoms with E-state index in [0.717, 1.165) is 41.7 Å². The van der Waals surface area contributed by atoms with Crippen LogP contribution in [0.4, 0.5) is 0 Å². The third-order valence-corrected chi connectivity index (χ3v) is 7.34. The Morgan fingerprint density at radius 3 is 2.48 bits per heavy atom. The number of nitrogens with zero attached hydrogens (tertiary/aromatic N) is 3. The minimum atomic E-state index is 0.0992. The average molecular weight is 424 g/mol. The lowest BCUT2D eigenvalue weighted by Crippen LogP contribution is -2.27. The third-order valence-electron chi connectivity index (χ3n) is 5.12. The smallest absolute Gasteiger partial charge is 0.255 e. The number of benzene rings is 1. The summed E-state index contributed by atoms with van der Waals surface area (Å²) in [6.45, 7) is 6.14. The van der Waals surface area contributed by atoms with Crippen molar-refractivity contribution in [1.29, 1.82) is 0 Å². The summed E-state index contributed by atoms with van der Waals surface area (Å²) in [5, 5.41) is 1.98. The minimum absolute atomic E-state index is 0.0992. The molecule has 4 rings (SSSR count). The predicted molar refractivity (Wildman–Crippen MR) is 121 cm³/mol. The number of amides is 1. The van der Waals surface area contributed by atoms with Gasteiger partial charge in [0.1, 0.15) is 5.01 Å². The largest absolute Gasteiger partial charge is 0.339 e. The summed E-state index contributed by atoms with van der Waals surface area (Å²) in [7, 11) is 0. The molecule has 0 N–H and O–H groups in total. The van der Waals surface area contributed by atoms with Gasteiger partial charge in [-0.3, -0.25) is 4.79 Å². The quantitative estimate of drug-likeness (QED) is 0.466. The van der Waals surface area contributed by atoms with Gasteiger partial charge >= 0.3 is 0 Å². The number of likely N-dealkylation sites (tertiary alicyclic amines) is 1. The number of thioether (sulfide) groups is 1. The molecule has 0 bridgehead atoms. The van der Waals surface area contributed by atoms with Crippen LogP contribution >= 0.6 is 23.1 Å². The molecule has 3 heterocycles. The van der Waals surface area contributed by atoms with Gasteiger partial charge in [-0.25, -0.2) is 9.97 Å². The van der Waals surface area contributed by atoms with Crippen LogP contribution in [0.2, 0.25) is 0 Å². The molecule has 0 aliphatic carbocycles. The van der Waals surface area contributed by atoms with Crippen molar-refractivity contribution in [3.05, 3.63) is 64.8 Å². The van der Waals surface area contributed by atoms with Crippen LogP contribution in [0.15, 0.2) is 53.8 Å². The first-order valence-corrected chi connectivity index (χ1v) is 11.8. The number of pyridine rings is 1. The van der Waals surface area contributed by atoms with Crippen LogP contribution in [0.3, 0.4) is 0 Å². The molecule has 1 saturated heterocycles. The highest BCUT2D eigenvalue weighted by Crippen LogP contribution is 2.30. The molecule has 1 aromatic carbocycles. The molecule has 1 aliphatic rings. The summed E-state index contributed by atoms with van der Waals surface area (Å²) in [5.74, 6) is 1.47. The van der Waals surface area contributed by atoms with Crippen molar-refractivity contribution in [1.82, 2.24) is 14.9 Å². The van der Waals surface area contributed by atoms with Gasteiger partial charge < -0.3 is 4.90 Å². The van der Waals surface area contributed by atoms with E-state index in [1.54, 1.807) is 29.3 Å². The van der Waals surface area contributed by atoms with E-state index in [1.807, 2.05) is 23.2 Å². The molecular formula is C23H25N3OS2. The van der Waals surface area contributed by atoms with Gasteiger partial charge in [0.05, 0.1) is 10.6 Å². The molecule has 2 aromatic heterocycles. The van der Waals surface area contributed by atoms with Gasteiger partial charge in [-0.05, 0) is 36.5 Å². The zero-order valence-corrected chi connectivity index (χ0v) is 18.4. The molecule has 0 spiro atoms. The average Bonchev–Trinajstić information content (AvgIpc) is 3.44. The van der Waals surface area contributed by atoms with Crippen molar-refractivity contribution in [2.45, 2.75) is 43.4 Å². The van der Waals surface area contributed by atoms with Crippen molar-refractivity contribution in [3.63, 3.8) is 0 Å². The normalized spacial score (nSPS) is 14.0. The fourth-order valence-corrected chi connectivity index (χ4v) is 5.14. The monoisotopic (exact) mass is 423 g/mol. The highest BCUT2D eigenvalue weighted by Gasteiger charge is 2.19. The first-order chi connectivity index (χ1) is 14.1. The predicted octanol–water partition coefficient (Wildman–Crippen LogP) is 5.86. The number of rotatable bonds is 6. The summed E-state index contributed by atoms with van der Waals surface area (Å²) in [4.78, 5) is 24.6. The van der Waals surface area contributed by atoms with Crippen molar-refractivity contribution in [3.8, 4) is 10.6 Å². The van der Waals surface area contributed by atoms with Crippen molar-refractivity contribution in [2.75, 3.05) is 13.1 Å². The number of thiazole rings is 1. The van der Waals surface area contributed by atoms with Gasteiger partial charge in [0.15, 0.2) is 0 Å². The number of carbonyl (C=O) groups excluding carboxylic acids is 1. The Bertz CT molecular complexity index is 959. The van der Waals surface area contributed by atoms with Gasteiger partial charge in [0, 0.05) is 41.7 Å². The second-order valence-electron chi connectivity index (χ2n) is 7.58. The zero-order chi connectivity index (χ0) is 20.2. The van der Waals surface area contributed by atoms with E-state index in [0.29, 0.717) is 11.5 Å². The summed E-state index contributed by atoms with van der Waals surface area (Å²) in [6, 6.07) is 12.5. The number of carbonyl (C=O) groups is 1. The van der Waals surface area contributed by atoms with E-state index in [4.69, 9.17) is 0 Å². The molecule has 0 saturated carbocycles. The molecule has 0 radical (unpaired) electrons. The van der Waals surface area contributed by atoms with Crippen molar-refractivity contribution in [2.24, 2.45) is 0 Å². The highest BCUT2D eigenvalue weighted by molar-refractivity contribution is 7.98. The maximum absolute atomic E-state index is 12.4. The Morgan fingerprint density at radius 1 is 1.07 bits per heavy atom. The van der Waals surface area contributed by atoms with E-state index < -0.39 is 0 Å². The Hall–Kier alpha value is -2.18. The SMILES string of the molecule is CC(C)c1ccc(-c2ncc(CSc3ccc(C(=O)N4CCCC4)cn3)s2)cc1. The summed E-state index contributed by atoms with van der Waals surface area (Å²) in [5.41, 5.74) is 3.19. The Kier molecular flexibility index (Phi) is 6.31. The van der Waals surface area contributed by atoms with Crippen LogP contribution in [-0.2, 0) is 5.75 Å². The van der Waals surface area contributed by atoms with Crippen LogP contribution in [0.5, 0.6) is 0 Å². The molecule has 1 fully saturated rings. The molecule has 150 valence electrons. The molecule has 0 unspecified atom stereocenters. The Balaban J connectivity index is 1.35. The molecule has 0 atom stereocenters. The van der Waals surface area contributed by atoms with E-state index in [2.05, 4.69) is 48.1 Å². The van der Waals surface area contributed by atoms with E-state index in [9.17, 15) is 4.79 Å². The molecule has 6 heteroatoms. The Morgan fingerprint density at radius 2 is 1.83 bits per heavy atom. The fourth-order valence-electron chi connectivity index (χ4n) is 3.36. The first-order valence-electron chi connectivity index (χ1n) is 10.0. The standard InChI is InChI=1S/C23H25N3OS2/c1-16(2)17-5-7-18(8-6-17)22-25-14-20(29-22)15-28-21-10-9-19(13-24-21)23(27)26-11-3-4-12-26/h5-10,13-14,16H,3-4,11-12,15H2,1-2H3. The van der Waals surface area contributed by atoms with Crippen LogP contribution in [0, 0.1) is 0 Å². The maximum atomic E-state index is 12.4. The fraction of sp³-hybridized carbons (Fsp3) is 0.348. The summed E-state index contributed by atoms with van der Waals surface area (Å²) < 4.78 is 0. The second kappa shape index (κ2) is 9.09. The van der Waals surface area contributed by atoms with Crippen molar-refractivity contribution < 1.29 is 4.79 Å². The summed E-state index contributed by atoms with van der Waals surface area (Å²) in [6.07, 6.45) is 5.86. The maximum Gasteiger partial charge on any atom is 0.255 e. The zero-order valence-electron chi connectivity index (χ0n) is 16.8. The second-order valence-corrected chi connectivity index (χ2v) is 9.69. The summed E-state index contributed by atoms with van der Waals surface area (Å²) >= 11 is 3.40. The topological polar surface area (TPSA) is 46.1 Å². The van der Waals surface area contributed by atoms with E-state index >= 15 is 0 Å². The van der Waals surface area contributed by atoms with Gasteiger partial charge in [0.25, 0.3) is 5.91 Å². The van der Waals surface area contributed by atoms with Crippen molar-refractivity contribution >= 4 is 29.0 Å². The molecule has 3 aromatic rings. The number of hydrogen-bond donors (Lipinski definition) is 0. The van der Waals surface area contributed by atoms with E-state index in [-0.39, 0.29) is 5.91 Å². The van der Waals surface area contributed by atoms with E-state index in [1.165, 1.54) is 16.0 Å². The lowest BCUT2D eigenvalue weighted by molar-refractivity contribution is 0.0792. The third kappa shape index (κ3) is 4.87. The van der Waals surface area contributed by atoms with Gasteiger partial charge in [-0.2, -0.15) is 0 Å². The highest BCUT2D eigenvalue weighted by atomic mass is 32.2. The first kappa shape index (κ1) is 20.1. The van der Waals surface area contributed by atoms with Crippen LogP contribution in [0.25, 0.3) is 10.6 Å².